The Hall–Kier alpha value is -2.90. The molecular formula is C19H18ClN4O3+. The van der Waals surface area contributed by atoms with Gasteiger partial charge in [-0.1, -0.05) is 35.9 Å². The lowest BCUT2D eigenvalue weighted by Gasteiger charge is -2.25. The first-order valence-electron chi connectivity index (χ1n) is 8.54. The summed E-state index contributed by atoms with van der Waals surface area (Å²) in [7, 11) is 1.26. The van der Waals surface area contributed by atoms with Gasteiger partial charge in [-0.3, -0.25) is 0 Å². The molecule has 0 saturated heterocycles. The van der Waals surface area contributed by atoms with E-state index in [9.17, 15) is 9.59 Å². The van der Waals surface area contributed by atoms with Gasteiger partial charge in [-0.05, 0) is 41.2 Å². The number of carbonyl (C=O) groups excluding carboxylic acids is 2. The summed E-state index contributed by atoms with van der Waals surface area (Å²) in [5.41, 5.74) is 5.95. The van der Waals surface area contributed by atoms with Gasteiger partial charge in [-0.15, -0.1) is 5.43 Å². The van der Waals surface area contributed by atoms with E-state index in [1.807, 2.05) is 30.3 Å². The minimum absolute atomic E-state index is 0.182. The lowest BCUT2D eigenvalue weighted by atomic mass is 10.1. The van der Waals surface area contributed by atoms with E-state index in [1.54, 1.807) is 12.1 Å². The number of urea groups is 1. The summed E-state index contributed by atoms with van der Waals surface area (Å²) in [5, 5.41) is 7.84. The molecule has 4 rings (SSSR count). The number of quaternary nitrogens is 1. The Bertz CT molecular complexity index is 962. The third-order valence-electron chi connectivity index (χ3n) is 4.88. The molecule has 0 fully saturated rings. The summed E-state index contributed by atoms with van der Waals surface area (Å²) < 4.78 is 4.13. The number of halogens is 1. The first-order valence-corrected chi connectivity index (χ1v) is 8.92. The Morgan fingerprint density at radius 2 is 2.04 bits per heavy atom. The van der Waals surface area contributed by atoms with Crippen molar-refractivity contribution in [3.63, 3.8) is 0 Å². The van der Waals surface area contributed by atoms with Crippen LogP contribution in [0.4, 0.5) is 15.3 Å². The van der Waals surface area contributed by atoms with E-state index in [1.165, 1.54) is 13.3 Å². The number of amides is 3. The summed E-state index contributed by atoms with van der Waals surface area (Å²) in [6.45, 7) is 0. The maximum absolute atomic E-state index is 12.7. The topological polar surface area (TPSA) is 79.8 Å². The van der Waals surface area contributed by atoms with Crippen molar-refractivity contribution in [1.29, 1.82) is 0 Å². The smallest absolute Gasteiger partial charge is 0.419 e. The number of nitrogens with zero attached hydrogens (tertiary/aromatic N) is 2. The Morgan fingerprint density at radius 3 is 2.85 bits per heavy atom. The maximum Gasteiger partial charge on any atom is 0.575 e. The average molecular weight is 386 g/mol. The Balaban J connectivity index is 1.58. The summed E-state index contributed by atoms with van der Waals surface area (Å²) in [5.74, 6) is 0. The highest BCUT2D eigenvalue weighted by Gasteiger charge is 2.49. The molecule has 2 N–H and O–H groups in total. The largest absolute Gasteiger partial charge is 0.575 e. The summed E-state index contributed by atoms with van der Waals surface area (Å²) in [6.07, 6.45) is 2.36. The molecule has 7 nitrogen and oxygen atoms in total. The molecule has 138 valence electrons. The van der Waals surface area contributed by atoms with Gasteiger partial charge in [0.15, 0.2) is 0 Å². The summed E-state index contributed by atoms with van der Waals surface area (Å²) >= 11 is 6.24. The van der Waals surface area contributed by atoms with E-state index >= 15 is 0 Å². The molecule has 2 atom stereocenters. The molecule has 1 aliphatic carbocycles. The number of methoxy groups -OCH3 is 1. The molecule has 0 radical (unpaired) electrons. The van der Waals surface area contributed by atoms with Gasteiger partial charge >= 0.3 is 12.1 Å². The highest BCUT2D eigenvalue weighted by molar-refractivity contribution is 6.31. The van der Waals surface area contributed by atoms with Crippen LogP contribution in [0, 0.1) is 0 Å². The molecular weight excluding hydrogens is 368 g/mol. The standard InChI is InChI=1S/C19H17ClN4O3/c1-27-19(26)24(17-8-3-2-5-12(17)11-21-24)23-18(25)22-16-10-9-13-14(16)6-4-7-15(13)20/h2-8,11,16H,9-10H2,1H3,(H-,22,23,25)/p+1. The molecule has 0 saturated carbocycles. The number of ether oxygens (including phenoxy) is 1. The van der Waals surface area contributed by atoms with Crippen LogP contribution >= 0.6 is 11.6 Å². The monoisotopic (exact) mass is 385 g/mol. The van der Waals surface area contributed by atoms with Crippen LogP contribution in [0.2, 0.25) is 5.02 Å². The van der Waals surface area contributed by atoms with Crippen LogP contribution in [0.1, 0.15) is 29.2 Å². The SMILES string of the molecule is COC(=O)[N+]1(NC(=O)NC2CCc3c(Cl)cccc32)N=Cc2ccccc21. The van der Waals surface area contributed by atoms with Crippen LogP contribution < -0.4 is 15.4 Å². The zero-order chi connectivity index (χ0) is 19.0. The highest BCUT2D eigenvalue weighted by atomic mass is 35.5. The second-order valence-corrected chi connectivity index (χ2v) is 6.80. The van der Waals surface area contributed by atoms with Crippen LogP contribution in [-0.2, 0) is 11.2 Å². The van der Waals surface area contributed by atoms with Gasteiger partial charge in [0, 0.05) is 15.8 Å². The number of hydrogen-bond acceptors (Lipinski definition) is 4. The van der Waals surface area contributed by atoms with Crippen LogP contribution in [0.25, 0.3) is 0 Å². The number of carbonyl (C=O) groups is 2. The number of nitrogens with one attached hydrogen (secondary N) is 2. The van der Waals surface area contributed by atoms with Crippen molar-refractivity contribution in [2.24, 2.45) is 5.10 Å². The molecule has 2 aromatic carbocycles. The number of hydrogen-bond donors (Lipinski definition) is 2. The fraction of sp³-hybridized carbons (Fsp3) is 0.211. The van der Waals surface area contributed by atoms with Crippen molar-refractivity contribution >= 4 is 35.6 Å². The molecule has 1 heterocycles. The van der Waals surface area contributed by atoms with E-state index in [4.69, 9.17) is 16.3 Å². The van der Waals surface area contributed by atoms with Crippen LogP contribution in [0.15, 0.2) is 47.6 Å². The molecule has 8 heteroatoms. The Labute approximate surface area is 161 Å². The van der Waals surface area contributed by atoms with Gasteiger partial charge in [0.05, 0.1) is 18.7 Å². The first kappa shape index (κ1) is 17.5. The summed E-state index contributed by atoms with van der Waals surface area (Å²) in [4.78, 5) is 25.2. The minimum atomic E-state index is -0.770. The number of rotatable bonds is 1. The molecule has 0 spiro atoms. The predicted octanol–water partition coefficient (Wildman–Crippen LogP) is 3.66. The molecule has 0 bridgehead atoms. The van der Waals surface area contributed by atoms with Crippen LogP contribution in [0.3, 0.4) is 0 Å². The average Bonchev–Trinajstić information content (AvgIpc) is 3.25. The Kier molecular flexibility index (Phi) is 4.33. The molecule has 27 heavy (non-hydrogen) atoms. The summed E-state index contributed by atoms with van der Waals surface area (Å²) in [6, 6.07) is 12.1. The third-order valence-corrected chi connectivity index (χ3v) is 5.23. The van der Waals surface area contributed by atoms with Crippen molar-refractivity contribution in [3.05, 3.63) is 64.2 Å². The van der Waals surface area contributed by atoms with Gasteiger partial charge in [0.2, 0.25) is 5.69 Å². The van der Waals surface area contributed by atoms with Gasteiger partial charge < -0.3 is 10.1 Å². The van der Waals surface area contributed by atoms with Crippen LogP contribution in [0.5, 0.6) is 0 Å². The fourth-order valence-corrected chi connectivity index (χ4v) is 3.89. The van der Waals surface area contributed by atoms with E-state index < -0.39 is 16.8 Å². The quantitative estimate of drug-likeness (QED) is 0.735. The van der Waals surface area contributed by atoms with Crippen molar-refractivity contribution in [2.45, 2.75) is 18.9 Å². The third kappa shape index (κ3) is 2.85. The molecule has 2 aliphatic rings. The van der Waals surface area contributed by atoms with E-state index in [2.05, 4.69) is 15.8 Å². The van der Waals surface area contributed by atoms with Gasteiger partial charge in [-0.2, -0.15) is 4.79 Å². The second-order valence-electron chi connectivity index (χ2n) is 6.39. The molecule has 2 unspecified atom stereocenters. The van der Waals surface area contributed by atoms with Crippen molar-refractivity contribution < 1.29 is 14.3 Å². The number of benzene rings is 2. The predicted molar refractivity (Wildman–Crippen MR) is 102 cm³/mol. The zero-order valence-electron chi connectivity index (χ0n) is 14.6. The molecule has 0 aromatic heterocycles. The van der Waals surface area contributed by atoms with E-state index in [0.717, 1.165) is 29.5 Å². The lowest BCUT2D eigenvalue weighted by molar-refractivity contribution is 0.109. The second kappa shape index (κ2) is 6.68. The van der Waals surface area contributed by atoms with Crippen molar-refractivity contribution in [1.82, 2.24) is 15.4 Å². The molecule has 1 aliphatic heterocycles. The minimum Gasteiger partial charge on any atom is -0.419 e. The highest BCUT2D eigenvalue weighted by Crippen LogP contribution is 2.36. The van der Waals surface area contributed by atoms with E-state index in [0.29, 0.717) is 10.7 Å². The molecule has 3 amide bonds. The molecule has 2 aromatic rings. The first-order chi connectivity index (χ1) is 13.0. The van der Waals surface area contributed by atoms with Crippen molar-refractivity contribution in [2.75, 3.05) is 7.11 Å². The normalized spacial score (nSPS) is 22.1. The van der Waals surface area contributed by atoms with E-state index in [-0.39, 0.29) is 6.04 Å². The number of para-hydroxylation sites is 1. The fourth-order valence-electron chi connectivity index (χ4n) is 3.61. The Morgan fingerprint density at radius 1 is 1.22 bits per heavy atom. The maximum atomic E-state index is 12.7. The van der Waals surface area contributed by atoms with Crippen molar-refractivity contribution in [3.8, 4) is 0 Å². The zero-order valence-corrected chi connectivity index (χ0v) is 15.4. The van der Waals surface area contributed by atoms with Gasteiger partial charge in [0.25, 0.3) is 0 Å². The van der Waals surface area contributed by atoms with Gasteiger partial charge in [-0.25, -0.2) is 4.79 Å². The van der Waals surface area contributed by atoms with Gasteiger partial charge in [0.1, 0.15) is 6.21 Å². The van der Waals surface area contributed by atoms with Crippen LogP contribution in [-0.4, -0.2) is 25.4 Å². The lowest BCUT2D eigenvalue weighted by Crippen LogP contribution is -2.63. The number of fused-ring (bicyclic) bond motifs is 2.